The van der Waals surface area contributed by atoms with E-state index in [1.165, 1.54) is 10.1 Å². The van der Waals surface area contributed by atoms with E-state index in [0.29, 0.717) is 25.3 Å². The molecule has 0 aliphatic rings. The molecular formula is C20H26N2O5S. The Morgan fingerprint density at radius 3 is 2.61 bits per heavy atom. The van der Waals surface area contributed by atoms with Gasteiger partial charge < -0.3 is 14.8 Å². The fourth-order valence-electron chi connectivity index (χ4n) is 2.60. The van der Waals surface area contributed by atoms with Crippen LogP contribution in [0.2, 0.25) is 0 Å². The Bertz CT molecular complexity index is 900. The van der Waals surface area contributed by atoms with Gasteiger partial charge in [0.15, 0.2) is 6.61 Å². The molecule has 8 heteroatoms. The molecule has 0 unspecified atom stereocenters. The molecule has 0 aliphatic carbocycles. The van der Waals surface area contributed by atoms with E-state index in [9.17, 15) is 14.4 Å². The zero-order valence-corrected chi connectivity index (χ0v) is 17.5. The average Bonchev–Trinajstić information content (AvgIpc) is 2.95. The minimum atomic E-state index is -0.618. The molecule has 0 radical (unpaired) electrons. The lowest BCUT2D eigenvalue weighted by molar-refractivity contribution is -0.149. The first-order valence-electron chi connectivity index (χ1n) is 9.06. The van der Waals surface area contributed by atoms with Crippen LogP contribution in [0.4, 0.5) is 0 Å². The van der Waals surface area contributed by atoms with Crippen molar-refractivity contribution >= 4 is 23.2 Å². The maximum absolute atomic E-state index is 11.8. The molecule has 0 atom stereocenters. The maximum atomic E-state index is 11.8. The second-order valence-electron chi connectivity index (χ2n) is 6.65. The number of aryl methyl sites for hydroxylation is 3. The molecule has 152 valence electrons. The second kappa shape index (κ2) is 10.1. The first-order chi connectivity index (χ1) is 13.3. The van der Waals surface area contributed by atoms with E-state index in [1.54, 1.807) is 12.3 Å². The minimum Gasteiger partial charge on any atom is -0.493 e. The normalized spacial score (nSPS) is 10.6. The summed E-state index contributed by atoms with van der Waals surface area (Å²) in [6.07, 6.45) is 0.635. The highest BCUT2D eigenvalue weighted by Crippen LogP contribution is 2.23. The molecule has 7 nitrogen and oxygen atoms in total. The Balaban J connectivity index is 1.64. The zero-order chi connectivity index (χ0) is 20.7. The van der Waals surface area contributed by atoms with E-state index in [1.807, 2.05) is 26.8 Å². The van der Waals surface area contributed by atoms with Crippen LogP contribution in [0.15, 0.2) is 22.3 Å². The SMILES string of the molecule is Cc1cc(C)c(C)c(OCCCNC(=O)COC(=O)Cn2c(C)csc2=O)c1. The summed E-state index contributed by atoms with van der Waals surface area (Å²) in [4.78, 5) is 34.9. The summed E-state index contributed by atoms with van der Waals surface area (Å²) in [7, 11) is 0. The Morgan fingerprint density at radius 1 is 1.18 bits per heavy atom. The van der Waals surface area contributed by atoms with Gasteiger partial charge in [0.2, 0.25) is 0 Å². The summed E-state index contributed by atoms with van der Waals surface area (Å²) >= 11 is 1.02. The summed E-state index contributed by atoms with van der Waals surface area (Å²) in [6.45, 7) is 8.17. The number of amides is 1. The Hall–Kier alpha value is -2.61. The van der Waals surface area contributed by atoms with E-state index >= 15 is 0 Å². The zero-order valence-electron chi connectivity index (χ0n) is 16.7. The number of carbonyl (C=O) groups is 2. The smallest absolute Gasteiger partial charge is 0.326 e. The number of hydrogen-bond donors (Lipinski definition) is 1. The molecule has 2 rings (SSSR count). The number of carbonyl (C=O) groups excluding carboxylic acids is 2. The topological polar surface area (TPSA) is 86.6 Å². The van der Waals surface area contributed by atoms with E-state index in [4.69, 9.17) is 9.47 Å². The second-order valence-corrected chi connectivity index (χ2v) is 7.47. The number of nitrogens with zero attached hydrogens (tertiary/aromatic N) is 1. The monoisotopic (exact) mass is 406 g/mol. The lowest BCUT2D eigenvalue weighted by atomic mass is 10.1. The van der Waals surface area contributed by atoms with Crippen molar-refractivity contribution in [2.24, 2.45) is 0 Å². The van der Waals surface area contributed by atoms with Crippen molar-refractivity contribution in [1.29, 1.82) is 0 Å². The maximum Gasteiger partial charge on any atom is 0.326 e. The van der Waals surface area contributed by atoms with Crippen molar-refractivity contribution in [3.8, 4) is 5.75 Å². The number of aromatic nitrogens is 1. The van der Waals surface area contributed by atoms with Gasteiger partial charge in [-0.2, -0.15) is 0 Å². The van der Waals surface area contributed by atoms with E-state index in [0.717, 1.165) is 28.2 Å². The van der Waals surface area contributed by atoms with Crippen molar-refractivity contribution < 1.29 is 19.1 Å². The number of thiazole rings is 1. The number of esters is 1. The fraction of sp³-hybridized carbons (Fsp3) is 0.450. The lowest BCUT2D eigenvalue weighted by Gasteiger charge is -2.12. The van der Waals surface area contributed by atoms with Crippen LogP contribution >= 0.6 is 11.3 Å². The van der Waals surface area contributed by atoms with Crippen molar-refractivity contribution in [3.05, 3.63) is 49.6 Å². The van der Waals surface area contributed by atoms with Crippen molar-refractivity contribution in [3.63, 3.8) is 0 Å². The van der Waals surface area contributed by atoms with Crippen LogP contribution < -0.4 is 14.9 Å². The van der Waals surface area contributed by atoms with E-state index in [-0.39, 0.29) is 23.9 Å². The molecule has 0 saturated carbocycles. The third-order valence-electron chi connectivity index (χ3n) is 4.29. The largest absolute Gasteiger partial charge is 0.493 e. The predicted molar refractivity (Wildman–Crippen MR) is 108 cm³/mol. The van der Waals surface area contributed by atoms with Crippen LogP contribution in [0.5, 0.6) is 5.75 Å². The van der Waals surface area contributed by atoms with E-state index in [2.05, 4.69) is 11.4 Å². The van der Waals surface area contributed by atoms with Gasteiger partial charge in [0.25, 0.3) is 5.91 Å². The van der Waals surface area contributed by atoms with Gasteiger partial charge in [-0.25, -0.2) is 0 Å². The third kappa shape index (κ3) is 6.23. The van der Waals surface area contributed by atoms with Gasteiger partial charge in [-0.1, -0.05) is 17.4 Å². The standard InChI is InChI=1S/C20H26N2O5S/c1-13-8-14(2)16(4)17(9-13)26-7-5-6-21-18(23)11-27-19(24)10-22-15(3)12-28-20(22)25/h8-9,12H,5-7,10-11H2,1-4H3,(H,21,23). The van der Waals surface area contributed by atoms with Crippen molar-refractivity contribution in [2.45, 2.75) is 40.7 Å². The van der Waals surface area contributed by atoms with Crippen LogP contribution in [-0.2, 0) is 20.9 Å². The summed E-state index contributed by atoms with van der Waals surface area (Å²) in [5.41, 5.74) is 4.13. The molecule has 28 heavy (non-hydrogen) atoms. The first-order valence-corrected chi connectivity index (χ1v) is 9.93. The molecule has 1 aromatic heterocycles. The van der Waals surface area contributed by atoms with Gasteiger partial charge >= 0.3 is 10.8 Å². The minimum absolute atomic E-state index is 0.190. The van der Waals surface area contributed by atoms with Crippen LogP contribution in [0.3, 0.4) is 0 Å². The molecule has 0 bridgehead atoms. The van der Waals surface area contributed by atoms with Gasteiger partial charge in [-0.3, -0.25) is 19.0 Å². The summed E-state index contributed by atoms with van der Waals surface area (Å²) in [5, 5.41) is 4.35. The van der Waals surface area contributed by atoms with Gasteiger partial charge in [-0.15, -0.1) is 0 Å². The molecule has 1 aromatic carbocycles. The molecule has 0 fully saturated rings. The number of benzene rings is 1. The molecular weight excluding hydrogens is 380 g/mol. The van der Waals surface area contributed by atoms with Crippen molar-refractivity contribution in [2.75, 3.05) is 19.8 Å². The van der Waals surface area contributed by atoms with Gasteiger partial charge in [0.1, 0.15) is 12.3 Å². The number of ether oxygens (including phenoxy) is 2. The van der Waals surface area contributed by atoms with Crippen molar-refractivity contribution in [1.82, 2.24) is 9.88 Å². The highest BCUT2D eigenvalue weighted by molar-refractivity contribution is 7.07. The Kier molecular flexibility index (Phi) is 7.80. The molecule has 1 N–H and O–H groups in total. The third-order valence-corrected chi connectivity index (χ3v) is 5.17. The first kappa shape index (κ1) is 21.7. The number of nitrogens with one attached hydrogen (secondary N) is 1. The summed E-state index contributed by atoms with van der Waals surface area (Å²) < 4.78 is 12.0. The fourth-order valence-corrected chi connectivity index (χ4v) is 3.34. The number of hydrogen-bond acceptors (Lipinski definition) is 6. The predicted octanol–water partition coefficient (Wildman–Crippen LogP) is 2.27. The lowest BCUT2D eigenvalue weighted by Crippen LogP contribution is -2.31. The quantitative estimate of drug-likeness (QED) is 0.510. The highest BCUT2D eigenvalue weighted by Gasteiger charge is 2.11. The van der Waals surface area contributed by atoms with Crippen LogP contribution in [0.1, 0.15) is 28.8 Å². The Labute approximate surface area is 168 Å². The van der Waals surface area contributed by atoms with Gasteiger partial charge in [-0.05, 0) is 56.9 Å². The summed E-state index contributed by atoms with van der Waals surface area (Å²) in [6, 6.07) is 4.11. The molecule has 0 aliphatic heterocycles. The summed E-state index contributed by atoms with van der Waals surface area (Å²) in [5.74, 6) is -0.144. The van der Waals surface area contributed by atoms with Crippen LogP contribution in [0, 0.1) is 27.7 Å². The van der Waals surface area contributed by atoms with E-state index < -0.39 is 5.97 Å². The molecule has 0 saturated heterocycles. The van der Waals surface area contributed by atoms with Gasteiger partial charge in [0.05, 0.1) is 6.61 Å². The molecule has 1 amide bonds. The average molecular weight is 407 g/mol. The molecule has 1 heterocycles. The molecule has 0 spiro atoms. The number of rotatable bonds is 9. The van der Waals surface area contributed by atoms with Crippen LogP contribution in [-0.4, -0.2) is 36.2 Å². The Morgan fingerprint density at radius 2 is 1.93 bits per heavy atom. The molecule has 2 aromatic rings. The van der Waals surface area contributed by atoms with Crippen LogP contribution in [0.25, 0.3) is 0 Å². The highest BCUT2D eigenvalue weighted by atomic mass is 32.1. The van der Waals surface area contributed by atoms with Gasteiger partial charge in [0, 0.05) is 17.6 Å².